The van der Waals surface area contributed by atoms with Crippen molar-refractivity contribution in [3.63, 3.8) is 0 Å². The van der Waals surface area contributed by atoms with Gasteiger partial charge in [0.15, 0.2) is 17.5 Å². The number of rotatable bonds is 5. The van der Waals surface area contributed by atoms with Gasteiger partial charge in [0, 0.05) is 17.3 Å². The fourth-order valence-electron chi connectivity index (χ4n) is 2.77. The Balaban J connectivity index is 1.94. The smallest absolute Gasteiger partial charge is 0.184 e. The highest BCUT2D eigenvalue weighted by atomic mass is 19.2. The van der Waals surface area contributed by atoms with Crippen LogP contribution in [0.4, 0.5) is 14.5 Å². The van der Waals surface area contributed by atoms with Crippen molar-refractivity contribution in [1.82, 2.24) is 20.2 Å². The fourth-order valence-corrected chi connectivity index (χ4v) is 2.77. The van der Waals surface area contributed by atoms with Gasteiger partial charge in [-0.15, -0.1) is 5.10 Å². The molecule has 1 fully saturated rings. The SMILES string of the molecule is CCCC1(Cn2nnnc2-c2cc(F)c(F)cc2N)CC1. The Morgan fingerprint density at radius 2 is 2.00 bits per heavy atom. The second kappa shape index (κ2) is 5.05. The van der Waals surface area contributed by atoms with Crippen molar-refractivity contribution in [2.75, 3.05) is 5.73 Å². The van der Waals surface area contributed by atoms with Gasteiger partial charge in [0.1, 0.15) is 0 Å². The molecular formula is C14H17F2N5. The molecule has 0 spiro atoms. The number of hydrogen-bond donors (Lipinski definition) is 1. The van der Waals surface area contributed by atoms with Crippen LogP contribution in [0, 0.1) is 17.0 Å². The quantitative estimate of drug-likeness (QED) is 0.861. The van der Waals surface area contributed by atoms with Crippen LogP contribution >= 0.6 is 0 Å². The predicted molar refractivity (Wildman–Crippen MR) is 74.2 cm³/mol. The molecule has 7 heteroatoms. The van der Waals surface area contributed by atoms with Gasteiger partial charge >= 0.3 is 0 Å². The number of nitrogens with two attached hydrogens (primary N) is 1. The van der Waals surface area contributed by atoms with Crippen LogP contribution in [-0.4, -0.2) is 20.2 Å². The number of halogens is 2. The minimum Gasteiger partial charge on any atom is -0.398 e. The van der Waals surface area contributed by atoms with Crippen LogP contribution < -0.4 is 5.73 Å². The summed E-state index contributed by atoms with van der Waals surface area (Å²) >= 11 is 0. The van der Waals surface area contributed by atoms with Gasteiger partial charge in [-0.1, -0.05) is 13.3 Å². The molecular weight excluding hydrogens is 276 g/mol. The molecule has 21 heavy (non-hydrogen) atoms. The minimum atomic E-state index is -0.972. The summed E-state index contributed by atoms with van der Waals surface area (Å²) in [6.45, 7) is 2.83. The predicted octanol–water partition coefficient (Wildman–Crippen LogP) is 2.78. The number of hydrogen-bond acceptors (Lipinski definition) is 4. The van der Waals surface area contributed by atoms with E-state index in [1.807, 2.05) is 0 Å². The molecule has 1 aromatic heterocycles. The van der Waals surface area contributed by atoms with Crippen molar-refractivity contribution >= 4 is 5.69 Å². The molecule has 1 aliphatic rings. The van der Waals surface area contributed by atoms with Gasteiger partial charge in [0.2, 0.25) is 0 Å². The highest BCUT2D eigenvalue weighted by Crippen LogP contribution is 2.51. The second-order valence-electron chi connectivity index (χ2n) is 5.76. The Morgan fingerprint density at radius 3 is 2.67 bits per heavy atom. The topological polar surface area (TPSA) is 69.6 Å². The molecule has 0 saturated heterocycles. The molecule has 5 nitrogen and oxygen atoms in total. The fraction of sp³-hybridized carbons (Fsp3) is 0.500. The first kappa shape index (κ1) is 13.9. The molecule has 1 aromatic carbocycles. The average molecular weight is 293 g/mol. The highest BCUT2D eigenvalue weighted by Gasteiger charge is 2.42. The van der Waals surface area contributed by atoms with Crippen LogP contribution in [0.25, 0.3) is 11.4 Å². The van der Waals surface area contributed by atoms with Gasteiger partial charge in [-0.3, -0.25) is 0 Å². The van der Waals surface area contributed by atoms with E-state index in [-0.39, 0.29) is 11.1 Å². The van der Waals surface area contributed by atoms with Crippen LogP contribution in [0.5, 0.6) is 0 Å². The van der Waals surface area contributed by atoms with E-state index in [0.29, 0.717) is 17.9 Å². The maximum Gasteiger partial charge on any atom is 0.184 e. The molecule has 2 aromatic rings. The van der Waals surface area contributed by atoms with Crippen molar-refractivity contribution in [3.8, 4) is 11.4 Å². The van der Waals surface area contributed by atoms with E-state index < -0.39 is 11.6 Å². The van der Waals surface area contributed by atoms with Crippen molar-refractivity contribution in [2.45, 2.75) is 39.2 Å². The summed E-state index contributed by atoms with van der Waals surface area (Å²) in [4.78, 5) is 0. The van der Waals surface area contributed by atoms with Gasteiger partial charge in [-0.25, -0.2) is 13.5 Å². The third kappa shape index (κ3) is 2.59. The van der Waals surface area contributed by atoms with Crippen LogP contribution in [0.2, 0.25) is 0 Å². The van der Waals surface area contributed by atoms with E-state index in [0.717, 1.165) is 37.8 Å². The lowest BCUT2D eigenvalue weighted by Crippen LogP contribution is -2.14. The highest BCUT2D eigenvalue weighted by molar-refractivity contribution is 5.71. The lowest BCUT2D eigenvalue weighted by molar-refractivity contribution is 0.365. The Labute approximate surface area is 121 Å². The zero-order chi connectivity index (χ0) is 15.0. The van der Waals surface area contributed by atoms with Gasteiger partial charge in [0.05, 0.1) is 6.54 Å². The van der Waals surface area contributed by atoms with E-state index in [1.165, 1.54) is 0 Å². The van der Waals surface area contributed by atoms with Crippen molar-refractivity contribution in [1.29, 1.82) is 0 Å². The number of nitrogens with zero attached hydrogens (tertiary/aromatic N) is 4. The number of nitrogen functional groups attached to an aromatic ring is 1. The first-order valence-electron chi connectivity index (χ1n) is 7.06. The third-order valence-electron chi connectivity index (χ3n) is 4.09. The monoisotopic (exact) mass is 293 g/mol. The van der Waals surface area contributed by atoms with Gasteiger partial charge in [0.25, 0.3) is 0 Å². The first-order chi connectivity index (χ1) is 10.0. The van der Waals surface area contributed by atoms with Crippen LogP contribution in [0.3, 0.4) is 0 Å². The van der Waals surface area contributed by atoms with E-state index >= 15 is 0 Å². The summed E-state index contributed by atoms with van der Waals surface area (Å²) in [7, 11) is 0. The summed E-state index contributed by atoms with van der Waals surface area (Å²) in [5.74, 6) is -1.54. The molecule has 112 valence electrons. The summed E-state index contributed by atoms with van der Waals surface area (Å²) in [5, 5.41) is 11.6. The molecule has 0 unspecified atom stereocenters. The molecule has 2 N–H and O–H groups in total. The lowest BCUT2D eigenvalue weighted by atomic mass is 10.0. The second-order valence-corrected chi connectivity index (χ2v) is 5.76. The number of aromatic nitrogens is 4. The van der Waals surface area contributed by atoms with Crippen molar-refractivity contribution in [3.05, 3.63) is 23.8 Å². The van der Waals surface area contributed by atoms with E-state index in [1.54, 1.807) is 4.68 Å². The summed E-state index contributed by atoms with van der Waals surface area (Å²) in [6, 6.07) is 2.01. The number of anilines is 1. The van der Waals surface area contributed by atoms with Gasteiger partial charge < -0.3 is 5.73 Å². The summed E-state index contributed by atoms with van der Waals surface area (Å²) < 4.78 is 28.3. The van der Waals surface area contributed by atoms with E-state index in [9.17, 15) is 8.78 Å². The molecule has 1 aliphatic carbocycles. The summed E-state index contributed by atoms with van der Waals surface area (Å²) in [6.07, 6.45) is 4.51. The normalized spacial score (nSPS) is 16.1. The zero-order valence-corrected chi connectivity index (χ0v) is 11.8. The molecule has 0 amide bonds. The van der Waals surface area contributed by atoms with Crippen LogP contribution in [-0.2, 0) is 6.54 Å². The largest absolute Gasteiger partial charge is 0.398 e. The van der Waals surface area contributed by atoms with Crippen molar-refractivity contribution in [2.24, 2.45) is 5.41 Å². The molecule has 0 aliphatic heterocycles. The number of benzene rings is 1. The maximum absolute atomic E-state index is 13.4. The molecule has 0 atom stereocenters. The zero-order valence-electron chi connectivity index (χ0n) is 11.8. The molecule has 3 rings (SSSR count). The Morgan fingerprint density at radius 1 is 1.29 bits per heavy atom. The third-order valence-corrected chi connectivity index (χ3v) is 4.09. The van der Waals surface area contributed by atoms with Crippen LogP contribution in [0.15, 0.2) is 12.1 Å². The molecule has 0 bridgehead atoms. The Bertz CT molecular complexity index is 663. The van der Waals surface area contributed by atoms with Gasteiger partial charge in [-0.05, 0) is 41.2 Å². The van der Waals surface area contributed by atoms with E-state index in [4.69, 9.17) is 5.73 Å². The van der Waals surface area contributed by atoms with Crippen molar-refractivity contribution < 1.29 is 8.78 Å². The lowest BCUT2D eigenvalue weighted by Gasteiger charge is -2.15. The molecule has 1 saturated carbocycles. The Kier molecular flexibility index (Phi) is 3.35. The van der Waals surface area contributed by atoms with E-state index in [2.05, 4.69) is 22.4 Å². The first-order valence-corrected chi connectivity index (χ1v) is 7.06. The van der Waals surface area contributed by atoms with Gasteiger partial charge in [-0.2, -0.15) is 0 Å². The number of tetrazole rings is 1. The summed E-state index contributed by atoms with van der Waals surface area (Å²) in [5.41, 5.74) is 6.47. The maximum atomic E-state index is 13.4. The standard InChI is InChI=1S/C14H17F2N5/c1-2-3-14(4-5-14)8-21-13(18-19-20-21)9-6-10(15)11(16)7-12(9)17/h6-7H,2-5,8,17H2,1H3. The molecule has 0 radical (unpaired) electrons. The minimum absolute atomic E-state index is 0.130. The average Bonchev–Trinajstić information content (AvgIpc) is 3.03. The van der Waals surface area contributed by atoms with Crippen LogP contribution in [0.1, 0.15) is 32.6 Å². The molecule has 1 heterocycles. The Hall–Kier alpha value is -2.05.